The van der Waals surface area contributed by atoms with E-state index in [2.05, 4.69) is 5.32 Å². The van der Waals surface area contributed by atoms with E-state index in [4.69, 9.17) is 4.42 Å². The van der Waals surface area contributed by atoms with Gasteiger partial charge in [-0.05, 0) is 57.3 Å². The second kappa shape index (κ2) is 8.14. The van der Waals surface area contributed by atoms with Crippen LogP contribution in [-0.4, -0.2) is 52.2 Å². The van der Waals surface area contributed by atoms with Gasteiger partial charge in [0.25, 0.3) is 5.91 Å². The molecule has 0 radical (unpaired) electrons. The lowest BCUT2D eigenvalue weighted by Crippen LogP contribution is -2.38. The van der Waals surface area contributed by atoms with Gasteiger partial charge in [0.05, 0.1) is 23.7 Å². The molecule has 1 aliphatic heterocycles. The summed E-state index contributed by atoms with van der Waals surface area (Å²) in [4.78, 5) is 14.6. The van der Waals surface area contributed by atoms with E-state index in [1.807, 2.05) is 31.1 Å². The van der Waals surface area contributed by atoms with Crippen molar-refractivity contribution in [2.45, 2.75) is 18.9 Å². The molecule has 8 heteroatoms. The number of benzene rings is 1. The predicted octanol–water partition coefficient (Wildman–Crippen LogP) is 2.24. The summed E-state index contributed by atoms with van der Waals surface area (Å²) in [6.07, 6.45) is 3.11. The van der Waals surface area contributed by atoms with E-state index in [-0.39, 0.29) is 17.7 Å². The van der Waals surface area contributed by atoms with Crippen molar-refractivity contribution in [3.05, 3.63) is 54.0 Å². The number of sulfonamides is 1. The molecule has 1 aromatic heterocycles. The van der Waals surface area contributed by atoms with Crippen molar-refractivity contribution < 1.29 is 17.6 Å². The summed E-state index contributed by atoms with van der Waals surface area (Å²) >= 11 is 0. The Kier molecular flexibility index (Phi) is 5.86. The normalized spacial score (nSPS) is 17.7. The van der Waals surface area contributed by atoms with E-state index >= 15 is 0 Å². The minimum atomic E-state index is -3.30. The largest absolute Gasteiger partial charge is 0.468 e. The number of nitrogens with one attached hydrogen (secondary N) is 1. The second-order valence-corrected chi connectivity index (χ2v) is 8.86. The molecule has 146 valence electrons. The molecule has 0 aliphatic carbocycles. The number of hydrogen-bond donors (Lipinski definition) is 1. The lowest BCUT2D eigenvalue weighted by molar-refractivity contribution is 0.0939. The number of amides is 1. The van der Waals surface area contributed by atoms with Crippen molar-refractivity contribution in [2.75, 3.05) is 37.2 Å². The van der Waals surface area contributed by atoms with Crippen molar-refractivity contribution in [1.29, 1.82) is 0 Å². The van der Waals surface area contributed by atoms with Gasteiger partial charge in [0.1, 0.15) is 5.76 Å². The van der Waals surface area contributed by atoms with E-state index < -0.39 is 10.0 Å². The highest BCUT2D eigenvalue weighted by molar-refractivity contribution is 7.92. The lowest BCUT2D eigenvalue weighted by atomic mass is 10.1. The average Bonchev–Trinajstić information content (AvgIpc) is 3.15. The molecule has 2 aromatic rings. The minimum Gasteiger partial charge on any atom is -0.468 e. The summed E-state index contributed by atoms with van der Waals surface area (Å²) in [5.74, 6) is 0.676. The first-order valence-electron chi connectivity index (χ1n) is 8.97. The zero-order valence-corrected chi connectivity index (χ0v) is 16.4. The molecular weight excluding hydrogens is 366 g/mol. The van der Waals surface area contributed by atoms with Gasteiger partial charge in [-0.1, -0.05) is 6.07 Å². The average molecular weight is 391 g/mol. The van der Waals surface area contributed by atoms with Crippen molar-refractivity contribution in [2.24, 2.45) is 0 Å². The van der Waals surface area contributed by atoms with Crippen molar-refractivity contribution in [3.8, 4) is 0 Å². The van der Waals surface area contributed by atoms with E-state index in [0.29, 0.717) is 30.8 Å². The number of carbonyl (C=O) groups excluding carboxylic acids is 1. The Morgan fingerprint density at radius 1 is 1.26 bits per heavy atom. The summed E-state index contributed by atoms with van der Waals surface area (Å²) < 4.78 is 31.4. The quantitative estimate of drug-likeness (QED) is 0.817. The van der Waals surface area contributed by atoms with Crippen LogP contribution in [0.1, 0.15) is 35.0 Å². The lowest BCUT2D eigenvalue weighted by Gasteiger charge is -2.28. The molecule has 1 aromatic carbocycles. The molecule has 1 unspecified atom stereocenters. The van der Waals surface area contributed by atoms with Gasteiger partial charge in [0.2, 0.25) is 10.0 Å². The van der Waals surface area contributed by atoms with Crippen LogP contribution >= 0.6 is 0 Å². The third kappa shape index (κ3) is 4.51. The number of anilines is 1. The zero-order valence-electron chi connectivity index (χ0n) is 15.6. The summed E-state index contributed by atoms with van der Waals surface area (Å²) in [5.41, 5.74) is 0.975. The SMILES string of the molecule is CN(C)C(CNC(=O)c1cccc(N2CCCCS2(=O)=O)c1)c1ccco1. The van der Waals surface area contributed by atoms with Gasteiger partial charge >= 0.3 is 0 Å². The fourth-order valence-corrected chi connectivity index (χ4v) is 4.82. The molecular formula is C19H25N3O4S. The number of likely N-dealkylation sites (N-methyl/N-ethyl adjacent to an activating group) is 1. The van der Waals surface area contributed by atoms with Crippen LogP contribution in [0, 0.1) is 0 Å². The van der Waals surface area contributed by atoms with Gasteiger partial charge in [0, 0.05) is 18.7 Å². The van der Waals surface area contributed by atoms with Crippen LogP contribution in [0.2, 0.25) is 0 Å². The fourth-order valence-electron chi connectivity index (χ4n) is 3.19. The molecule has 1 saturated heterocycles. The monoisotopic (exact) mass is 391 g/mol. The number of rotatable bonds is 6. The predicted molar refractivity (Wildman–Crippen MR) is 104 cm³/mol. The third-order valence-corrected chi connectivity index (χ3v) is 6.57. The van der Waals surface area contributed by atoms with Gasteiger partial charge < -0.3 is 9.73 Å². The molecule has 3 rings (SSSR count). The van der Waals surface area contributed by atoms with Crippen LogP contribution in [-0.2, 0) is 10.0 Å². The maximum absolute atomic E-state index is 12.6. The number of furan rings is 1. The van der Waals surface area contributed by atoms with E-state index in [1.54, 1.807) is 30.5 Å². The second-order valence-electron chi connectivity index (χ2n) is 6.85. The van der Waals surface area contributed by atoms with Crippen LogP contribution in [0.4, 0.5) is 5.69 Å². The first-order valence-corrected chi connectivity index (χ1v) is 10.6. The first-order chi connectivity index (χ1) is 12.9. The van der Waals surface area contributed by atoms with Gasteiger partial charge in [-0.3, -0.25) is 14.0 Å². The number of hydrogen-bond acceptors (Lipinski definition) is 5. The van der Waals surface area contributed by atoms with E-state index in [0.717, 1.165) is 12.2 Å². The Morgan fingerprint density at radius 2 is 2.07 bits per heavy atom. The smallest absolute Gasteiger partial charge is 0.251 e. The highest BCUT2D eigenvalue weighted by atomic mass is 32.2. The van der Waals surface area contributed by atoms with Crippen LogP contribution in [0.25, 0.3) is 0 Å². The third-order valence-electron chi connectivity index (χ3n) is 4.70. The molecule has 1 aliphatic rings. The van der Waals surface area contributed by atoms with Crippen LogP contribution in [0.5, 0.6) is 0 Å². The molecule has 0 spiro atoms. The van der Waals surface area contributed by atoms with Crippen molar-refractivity contribution in [3.63, 3.8) is 0 Å². The minimum absolute atomic E-state index is 0.0883. The number of carbonyl (C=O) groups is 1. The van der Waals surface area contributed by atoms with E-state index in [1.165, 1.54) is 4.31 Å². The van der Waals surface area contributed by atoms with Crippen LogP contribution < -0.4 is 9.62 Å². The summed E-state index contributed by atoms with van der Waals surface area (Å²) in [6, 6.07) is 10.4. The van der Waals surface area contributed by atoms with Crippen LogP contribution in [0.15, 0.2) is 47.1 Å². The Morgan fingerprint density at radius 3 is 2.74 bits per heavy atom. The molecule has 2 heterocycles. The molecule has 1 amide bonds. The van der Waals surface area contributed by atoms with E-state index in [9.17, 15) is 13.2 Å². The first kappa shape index (κ1) is 19.4. The van der Waals surface area contributed by atoms with Gasteiger partial charge in [-0.15, -0.1) is 0 Å². The molecule has 7 nitrogen and oxygen atoms in total. The van der Waals surface area contributed by atoms with Gasteiger partial charge in [-0.25, -0.2) is 8.42 Å². The summed E-state index contributed by atoms with van der Waals surface area (Å²) in [7, 11) is 0.533. The molecule has 1 atom stereocenters. The molecule has 1 N–H and O–H groups in total. The molecule has 1 fully saturated rings. The Hall–Kier alpha value is -2.32. The van der Waals surface area contributed by atoms with Crippen molar-refractivity contribution in [1.82, 2.24) is 10.2 Å². The molecule has 27 heavy (non-hydrogen) atoms. The summed E-state index contributed by atoms with van der Waals surface area (Å²) in [6.45, 7) is 0.834. The maximum atomic E-state index is 12.6. The molecule has 0 bridgehead atoms. The van der Waals surface area contributed by atoms with Crippen molar-refractivity contribution >= 4 is 21.6 Å². The summed E-state index contributed by atoms with van der Waals surface area (Å²) in [5, 5.41) is 2.91. The highest BCUT2D eigenvalue weighted by Gasteiger charge is 2.26. The van der Waals surface area contributed by atoms with Gasteiger partial charge in [-0.2, -0.15) is 0 Å². The molecule has 0 saturated carbocycles. The number of nitrogens with zero attached hydrogens (tertiary/aromatic N) is 2. The maximum Gasteiger partial charge on any atom is 0.251 e. The Labute approximate surface area is 160 Å². The zero-order chi connectivity index (χ0) is 19.4. The van der Waals surface area contributed by atoms with Gasteiger partial charge in [0.15, 0.2) is 0 Å². The van der Waals surface area contributed by atoms with Crippen LogP contribution in [0.3, 0.4) is 0 Å². The Balaban J connectivity index is 1.72. The fraction of sp³-hybridized carbons (Fsp3) is 0.421. The standard InChI is InChI=1S/C19H25N3O4S/c1-21(2)17(18-9-6-11-26-18)14-20-19(23)15-7-5-8-16(13-15)22-10-3-4-12-27(22,24)25/h5-9,11,13,17H,3-4,10,12,14H2,1-2H3,(H,20,23). The highest BCUT2D eigenvalue weighted by Crippen LogP contribution is 2.24. The topological polar surface area (TPSA) is 82.9 Å². The Bertz CT molecular complexity index is 878.